The van der Waals surface area contributed by atoms with E-state index in [1.165, 1.54) is 16.9 Å². The molecule has 1 aliphatic rings. The summed E-state index contributed by atoms with van der Waals surface area (Å²) >= 11 is 1.40. The van der Waals surface area contributed by atoms with Gasteiger partial charge in [-0.15, -0.1) is 10.2 Å². The van der Waals surface area contributed by atoms with Gasteiger partial charge in [-0.2, -0.15) is 0 Å². The number of nitrogens with zero attached hydrogens (tertiary/aromatic N) is 2. The zero-order valence-corrected chi connectivity index (χ0v) is 14.8. The number of hydrogen-bond acceptors (Lipinski definition) is 6. The molecule has 6 nitrogen and oxygen atoms in total. The maximum atomic E-state index is 12.2. The lowest BCUT2D eigenvalue weighted by Gasteiger charge is -2.03. The van der Waals surface area contributed by atoms with Gasteiger partial charge >= 0.3 is 0 Å². The van der Waals surface area contributed by atoms with Crippen molar-refractivity contribution in [2.45, 2.75) is 19.3 Å². The number of ether oxygens (including phenoxy) is 2. The van der Waals surface area contributed by atoms with Crippen LogP contribution in [0.5, 0.6) is 11.5 Å². The van der Waals surface area contributed by atoms with Gasteiger partial charge in [0, 0.05) is 12.8 Å². The van der Waals surface area contributed by atoms with Crippen LogP contribution in [0, 0.1) is 0 Å². The number of amides is 1. The molecule has 0 atom stereocenters. The molecule has 0 spiro atoms. The summed E-state index contributed by atoms with van der Waals surface area (Å²) in [7, 11) is 0. The van der Waals surface area contributed by atoms with Gasteiger partial charge in [0.2, 0.25) is 17.8 Å². The molecule has 1 aliphatic heterocycles. The van der Waals surface area contributed by atoms with E-state index in [1.54, 1.807) is 0 Å². The summed E-state index contributed by atoms with van der Waals surface area (Å²) in [5.41, 5.74) is 2.20. The standard InChI is InChI=1S/C19H17N3O3S/c23-17(9-7-14-6-8-15-16(10-14)25-12-24-15)20-19-22-21-18(26-19)11-13-4-2-1-3-5-13/h1-6,8,10H,7,9,11-12H2,(H,20,22,23). The quantitative estimate of drug-likeness (QED) is 0.723. The Morgan fingerprint density at radius 1 is 1.04 bits per heavy atom. The van der Waals surface area contributed by atoms with Gasteiger partial charge in [0.05, 0.1) is 0 Å². The number of nitrogens with one attached hydrogen (secondary N) is 1. The molecule has 0 fully saturated rings. The largest absolute Gasteiger partial charge is 0.454 e. The van der Waals surface area contributed by atoms with Gasteiger partial charge in [-0.05, 0) is 29.7 Å². The summed E-state index contributed by atoms with van der Waals surface area (Å²) in [5, 5.41) is 12.4. The third kappa shape index (κ3) is 4.00. The lowest BCUT2D eigenvalue weighted by molar-refractivity contribution is -0.116. The number of carbonyl (C=O) groups excluding carboxylic acids is 1. The molecule has 3 aromatic rings. The normalized spacial score (nSPS) is 12.2. The molecule has 1 N–H and O–H groups in total. The number of fused-ring (bicyclic) bond motifs is 1. The van der Waals surface area contributed by atoms with E-state index in [-0.39, 0.29) is 12.7 Å². The van der Waals surface area contributed by atoms with Gasteiger partial charge in [-0.3, -0.25) is 4.79 Å². The molecule has 1 aromatic heterocycles. The Balaban J connectivity index is 1.29. The molecule has 2 aromatic carbocycles. The van der Waals surface area contributed by atoms with Crippen molar-refractivity contribution < 1.29 is 14.3 Å². The van der Waals surface area contributed by atoms with E-state index in [4.69, 9.17) is 9.47 Å². The highest BCUT2D eigenvalue weighted by atomic mass is 32.1. The highest BCUT2D eigenvalue weighted by Crippen LogP contribution is 2.32. The fourth-order valence-corrected chi connectivity index (χ4v) is 3.47. The number of anilines is 1. The summed E-state index contributed by atoms with van der Waals surface area (Å²) in [4.78, 5) is 12.2. The molecule has 0 unspecified atom stereocenters. The van der Waals surface area contributed by atoms with Crippen LogP contribution in [-0.2, 0) is 17.6 Å². The van der Waals surface area contributed by atoms with E-state index in [0.29, 0.717) is 24.4 Å². The summed E-state index contributed by atoms with van der Waals surface area (Å²) < 4.78 is 10.6. The van der Waals surface area contributed by atoms with Crippen molar-refractivity contribution in [3.8, 4) is 11.5 Å². The maximum absolute atomic E-state index is 12.2. The molecule has 2 heterocycles. The fourth-order valence-electron chi connectivity index (χ4n) is 2.68. The molecule has 132 valence electrons. The summed E-state index contributed by atoms with van der Waals surface area (Å²) in [6.45, 7) is 0.252. The summed E-state index contributed by atoms with van der Waals surface area (Å²) in [6, 6.07) is 15.8. The molecule has 0 saturated carbocycles. The van der Waals surface area contributed by atoms with Gasteiger partial charge < -0.3 is 14.8 Å². The Hall–Kier alpha value is -2.93. The fraction of sp³-hybridized carbons (Fsp3) is 0.211. The van der Waals surface area contributed by atoms with Crippen molar-refractivity contribution in [1.29, 1.82) is 0 Å². The Labute approximate surface area is 154 Å². The van der Waals surface area contributed by atoms with Gasteiger partial charge in [-0.1, -0.05) is 47.7 Å². The first-order chi connectivity index (χ1) is 12.8. The molecule has 26 heavy (non-hydrogen) atoms. The van der Waals surface area contributed by atoms with Crippen LogP contribution in [0.25, 0.3) is 0 Å². The Morgan fingerprint density at radius 2 is 1.88 bits per heavy atom. The van der Waals surface area contributed by atoms with Gasteiger partial charge in [-0.25, -0.2) is 0 Å². The Bertz CT molecular complexity index is 911. The van der Waals surface area contributed by atoms with Gasteiger partial charge in [0.15, 0.2) is 11.5 Å². The molecule has 0 aliphatic carbocycles. The van der Waals surface area contributed by atoms with Crippen molar-refractivity contribution in [2.24, 2.45) is 0 Å². The van der Waals surface area contributed by atoms with E-state index < -0.39 is 0 Å². The van der Waals surface area contributed by atoms with Crippen LogP contribution in [0.1, 0.15) is 22.6 Å². The van der Waals surface area contributed by atoms with E-state index >= 15 is 0 Å². The lowest BCUT2D eigenvalue weighted by atomic mass is 10.1. The molecule has 1 amide bonds. The van der Waals surface area contributed by atoms with Crippen molar-refractivity contribution in [1.82, 2.24) is 10.2 Å². The van der Waals surface area contributed by atoms with E-state index in [1.807, 2.05) is 48.5 Å². The van der Waals surface area contributed by atoms with Crippen LogP contribution < -0.4 is 14.8 Å². The number of aromatic nitrogens is 2. The Kier molecular flexibility index (Phi) is 4.79. The minimum Gasteiger partial charge on any atom is -0.454 e. The highest BCUT2D eigenvalue weighted by Gasteiger charge is 2.14. The number of hydrogen-bond donors (Lipinski definition) is 1. The average molecular weight is 367 g/mol. The minimum absolute atomic E-state index is 0.0786. The lowest BCUT2D eigenvalue weighted by Crippen LogP contribution is -2.12. The molecule has 0 bridgehead atoms. The third-order valence-electron chi connectivity index (χ3n) is 3.99. The van der Waals surface area contributed by atoms with Crippen LogP contribution in [0.15, 0.2) is 48.5 Å². The second-order valence-electron chi connectivity index (χ2n) is 5.90. The third-order valence-corrected chi connectivity index (χ3v) is 4.83. The van der Waals surface area contributed by atoms with Gasteiger partial charge in [0.1, 0.15) is 5.01 Å². The van der Waals surface area contributed by atoms with E-state index in [9.17, 15) is 4.79 Å². The molecular weight excluding hydrogens is 350 g/mol. The van der Waals surface area contributed by atoms with Crippen molar-refractivity contribution in [3.63, 3.8) is 0 Å². The molecule has 7 heteroatoms. The number of aryl methyl sites for hydroxylation is 1. The smallest absolute Gasteiger partial charge is 0.231 e. The topological polar surface area (TPSA) is 73.3 Å². The molecule has 0 radical (unpaired) electrons. The van der Waals surface area contributed by atoms with Gasteiger partial charge in [0.25, 0.3) is 0 Å². The monoisotopic (exact) mass is 367 g/mol. The molecule has 4 rings (SSSR count). The van der Waals surface area contributed by atoms with Crippen LogP contribution >= 0.6 is 11.3 Å². The van der Waals surface area contributed by atoms with Crippen LogP contribution in [-0.4, -0.2) is 22.9 Å². The van der Waals surface area contributed by atoms with Crippen LogP contribution in [0.3, 0.4) is 0 Å². The molecule has 0 saturated heterocycles. The van der Waals surface area contributed by atoms with Crippen LogP contribution in [0.2, 0.25) is 0 Å². The van der Waals surface area contributed by atoms with Crippen molar-refractivity contribution >= 4 is 22.4 Å². The zero-order chi connectivity index (χ0) is 17.8. The first-order valence-corrected chi connectivity index (χ1v) is 9.12. The minimum atomic E-state index is -0.0786. The number of benzene rings is 2. The molecular formula is C19H17N3O3S. The SMILES string of the molecule is O=C(CCc1ccc2c(c1)OCO2)Nc1nnc(Cc2ccccc2)s1. The predicted molar refractivity (Wildman–Crippen MR) is 98.7 cm³/mol. The first kappa shape index (κ1) is 16.5. The predicted octanol–water partition coefficient (Wildman–Crippen LogP) is 3.43. The van der Waals surface area contributed by atoms with Crippen LogP contribution in [0.4, 0.5) is 5.13 Å². The highest BCUT2D eigenvalue weighted by molar-refractivity contribution is 7.15. The number of carbonyl (C=O) groups is 1. The van der Waals surface area contributed by atoms with E-state index in [0.717, 1.165) is 22.1 Å². The average Bonchev–Trinajstić information content (AvgIpc) is 3.29. The maximum Gasteiger partial charge on any atom is 0.231 e. The second kappa shape index (κ2) is 7.53. The zero-order valence-electron chi connectivity index (χ0n) is 14.0. The van der Waals surface area contributed by atoms with Crippen molar-refractivity contribution in [2.75, 3.05) is 12.1 Å². The van der Waals surface area contributed by atoms with E-state index in [2.05, 4.69) is 15.5 Å². The summed E-state index contributed by atoms with van der Waals surface area (Å²) in [5.74, 6) is 1.40. The second-order valence-corrected chi connectivity index (χ2v) is 6.96. The summed E-state index contributed by atoms with van der Waals surface area (Å²) in [6.07, 6.45) is 1.71. The Morgan fingerprint density at radius 3 is 2.77 bits per heavy atom. The first-order valence-electron chi connectivity index (χ1n) is 8.31. The van der Waals surface area contributed by atoms with Crippen molar-refractivity contribution in [3.05, 3.63) is 64.7 Å². The number of rotatable bonds is 6.